The van der Waals surface area contributed by atoms with Crippen LogP contribution in [0.25, 0.3) is 0 Å². The highest BCUT2D eigenvalue weighted by Gasteiger charge is 2.34. The average Bonchev–Trinajstić information content (AvgIpc) is 2.48. The number of benzene rings is 1. The van der Waals surface area contributed by atoms with Crippen molar-refractivity contribution in [3.63, 3.8) is 0 Å². The van der Waals surface area contributed by atoms with Gasteiger partial charge in [-0.2, -0.15) is 0 Å². The fourth-order valence-corrected chi connectivity index (χ4v) is 3.49. The number of piperidine rings is 1. The first-order chi connectivity index (χ1) is 9.64. The molecule has 110 valence electrons. The van der Waals surface area contributed by atoms with E-state index in [0.29, 0.717) is 19.0 Å². The molecule has 1 aromatic carbocycles. The Hall–Kier alpha value is -1.12. The van der Waals surface area contributed by atoms with Crippen LogP contribution in [0.4, 0.5) is 14.5 Å². The SMILES string of the molecule is FC1(F)CCN(c2ccc(C3CCCCC3)cc2)CC1. The lowest BCUT2D eigenvalue weighted by molar-refractivity contribution is -0.0220. The van der Waals surface area contributed by atoms with E-state index in [4.69, 9.17) is 0 Å². The lowest BCUT2D eigenvalue weighted by Gasteiger charge is -2.33. The first-order valence-corrected chi connectivity index (χ1v) is 7.87. The summed E-state index contributed by atoms with van der Waals surface area (Å²) in [6, 6.07) is 8.65. The van der Waals surface area contributed by atoms with Crippen LogP contribution in [0.3, 0.4) is 0 Å². The Bertz CT molecular complexity index is 425. The van der Waals surface area contributed by atoms with E-state index >= 15 is 0 Å². The predicted molar refractivity (Wildman–Crippen MR) is 78.7 cm³/mol. The summed E-state index contributed by atoms with van der Waals surface area (Å²) in [5, 5.41) is 0. The molecule has 0 spiro atoms. The van der Waals surface area contributed by atoms with Crippen molar-refractivity contribution in [2.75, 3.05) is 18.0 Å². The van der Waals surface area contributed by atoms with Gasteiger partial charge in [0.05, 0.1) is 0 Å². The first kappa shape index (κ1) is 13.8. The summed E-state index contributed by atoms with van der Waals surface area (Å²) in [7, 11) is 0. The zero-order valence-electron chi connectivity index (χ0n) is 12.0. The molecule has 0 bridgehead atoms. The van der Waals surface area contributed by atoms with Crippen molar-refractivity contribution in [1.29, 1.82) is 0 Å². The van der Waals surface area contributed by atoms with Gasteiger partial charge in [-0.15, -0.1) is 0 Å². The van der Waals surface area contributed by atoms with Crippen LogP contribution >= 0.6 is 0 Å². The van der Waals surface area contributed by atoms with E-state index in [-0.39, 0.29) is 12.8 Å². The molecule has 0 aromatic heterocycles. The zero-order chi connectivity index (χ0) is 14.0. The van der Waals surface area contributed by atoms with Crippen molar-refractivity contribution >= 4 is 5.69 Å². The van der Waals surface area contributed by atoms with E-state index in [1.807, 2.05) is 0 Å². The van der Waals surface area contributed by atoms with E-state index in [1.54, 1.807) is 0 Å². The molecule has 3 rings (SSSR count). The second-order valence-electron chi connectivity index (χ2n) is 6.27. The fraction of sp³-hybridized carbons (Fsp3) is 0.647. The van der Waals surface area contributed by atoms with E-state index in [0.717, 1.165) is 5.69 Å². The van der Waals surface area contributed by atoms with E-state index in [2.05, 4.69) is 29.2 Å². The molecule has 1 saturated heterocycles. The number of halogens is 2. The van der Waals surface area contributed by atoms with Crippen LogP contribution in [0, 0.1) is 0 Å². The monoisotopic (exact) mass is 279 g/mol. The van der Waals surface area contributed by atoms with Gasteiger partial charge in [0, 0.05) is 31.6 Å². The number of alkyl halides is 2. The van der Waals surface area contributed by atoms with Gasteiger partial charge in [-0.25, -0.2) is 8.78 Å². The van der Waals surface area contributed by atoms with Gasteiger partial charge in [-0.05, 0) is 36.5 Å². The van der Waals surface area contributed by atoms with Crippen molar-refractivity contribution < 1.29 is 8.78 Å². The molecule has 1 aromatic rings. The maximum absolute atomic E-state index is 13.2. The topological polar surface area (TPSA) is 3.24 Å². The van der Waals surface area contributed by atoms with Gasteiger partial charge in [0.1, 0.15) is 0 Å². The van der Waals surface area contributed by atoms with Crippen molar-refractivity contribution in [2.45, 2.75) is 56.8 Å². The summed E-state index contributed by atoms with van der Waals surface area (Å²) < 4.78 is 26.3. The zero-order valence-corrected chi connectivity index (χ0v) is 12.0. The van der Waals surface area contributed by atoms with E-state index in [1.165, 1.54) is 37.7 Å². The highest BCUT2D eigenvalue weighted by Crippen LogP contribution is 2.34. The Balaban J connectivity index is 1.64. The van der Waals surface area contributed by atoms with Crippen LogP contribution in [-0.2, 0) is 0 Å². The fourth-order valence-electron chi connectivity index (χ4n) is 3.49. The van der Waals surface area contributed by atoms with Gasteiger partial charge in [-0.3, -0.25) is 0 Å². The summed E-state index contributed by atoms with van der Waals surface area (Å²) in [6.07, 6.45) is 6.62. The standard InChI is InChI=1S/C17H23F2N/c18-17(19)10-12-20(13-11-17)16-8-6-15(7-9-16)14-4-2-1-3-5-14/h6-9,14H,1-5,10-13H2. The number of nitrogens with zero attached hydrogens (tertiary/aromatic N) is 1. The molecule has 20 heavy (non-hydrogen) atoms. The van der Waals surface area contributed by atoms with Crippen molar-refractivity contribution in [2.24, 2.45) is 0 Å². The molecule has 2 aliphatic rings. The second kappa shape index (κ2) is 5.71. The third kappa shape index (κ3) is 3.13. The van der Waals surface area contributed by atoms with E-state index in [9.17, 15) is 8.78 Å². The van der Waals surface area contributed by atoms with Crippen molar-refractivity contribution in [3.05, 3.63) is 29.8 Å². The molecule has 0 unspecified atom stereocenters. The van der Waals surface area contributed by atoms with Gasteiger partial charge in [0.2, 0.25) is 0 Å². The third-order valence-corrected chi connectivity index (χ3v) is 4.83. The molecule has 2 fully saturated rings. The molecule has 0 N–H and O–H groups in total. The number of hydrogen-bond acceptors (Lipinski definition) is 1. The molecule has 1 aliphatic carbocycles. The van der Waals surface area contributed by atoms with Crippen LogP contribution in [0.2, 0.25) is 0 Å². The molecule has 1 nitrogen and oxygen atoms in total. The summed E-state index contributed by atoms with van der Waals surface area (Å²) in [6.45, 7) is 0.936. The van der Waals surface area contributed by atoms with Crippen LogP contribution in [0.5, 0.6) is 0 Å². The minimum atomic E-state index is -2.46. The number of anilines is 1. The molecule has 1 aliphatic heterocycles. The van der Waals surface area contributed by atoms with Crippen LogP contribution in [0.15, 0.2) is 24.3 Å². The van der Waals surface area contributed by atoms with Crippen molar-refractivity contribution in [3.8, 4) is 0 Å². The Morgan fingerprint density at radius 3 is 2.10 bits per heavy atom. The van der Waals surface area contributed by atoms with Crippen LogP contribution in [0.1, 0.15) is 56.4 Å². The van der Waals surface area contributed by atoms with Gasteiger partial charge in [0.25, 0.3) is 5.92 Å². The molecule has 0 amide bonds. The van der Waals surface area contributed by atoms with Crippen LogP contribution < -0.4 is 4.90 Å². The lowest BCUT2D eigenvalue weighted by atomic mass is 9.84. The average molecular weight is 279 g/mol. The minimum Gasteiger partial charge on any atom is -0.371 e. The highest BCUT2D eigenvalue weighted by molar-refractivity contribution is 5.48. The quantitative estimate of drug-likeness (QED) is 0.738. The van der Waals surface area contributed by atoms with E-state index < -0.39 is 5.92 Å². The van der Waals surface area contributed by atoms with Gasteiger partial charge < -0.3 is 4.90 Å². The smallest absolute Gasteiger partial charge is 0.251 e. The largest absolute Gasteiger partial charge is 0.371 e. The minimum absolute atomic E-state index is 0.0165. The number of rotatable bonds is 2. The molecular formula is C17H23F2N. The number of hydrogen-bond donors (Lipinski definition) is 0. The normalized spacial score (nSPS) is 23.8. The molecule has 3 heteroatoms. The molecule has 1 heterocycles. The maximum atomic E-state index is 13.2. The Labute approximate surface area is 120 Å². The van der Waals surface area contributed by atoms with Crippen molar-refractivity contribution in [1.82, 2.24) is 0 Å². The maximum Gasteiger partial charge on any atom is 0.251 e. The lowest BCUT2D eigenvalue weighted by Crippen LogP contribution is -2.39. The van der Waals surface area contributed by atoms with Gasteiger partial charge >= 0.3 is 0 Å². The van der Waals surface area contributed by atoms with Gasteiger partial charge in [-0.1, -0.05) is 31.4 Å². The summed E-state index contributed by atoms with van der Waals surface area (Å²) in [5.74, 6) is -1.75. The summed E-state index contributed by atoms with van der Waals surface area (Å²) in [4.78, 5) is 2.09. The molecular weight excluding hydrogens is 256 g/mol. The molecule has 0 atom stereocenters. The summed E-state index contributed by atoms with van der Waals surface area (Å²) in [5.41, 5.74) is 2.52. The Morgan fingerprint density at radius 2 is 1.50 bits per heavy atom. The Morgan fingerprint density at radius 1 is 0.900 bits per heavy atom. The van der Waals surface area contributed by atoms with Gasteiger partial charge in [0.15, 0.2) is 0 Å². The Kier molecular flexibility index (Phi) is 3.95. The van der Waals surface area contributed by atoms with Crippen LogP contribution in [-0.4, -0.2) is 19.0 Å². The first-order valence-electron chi connectivity index (χ1n) is 7.87. The summed E-state index contributed by atoms with van der Waals surface area (Å²) >= 11 is 0. The molecule has 1 saturated carbocycles. The second-order valence-corrected chi connectivity index (χ2v) is 6.27. The highest BCUT2D eigenvalue weighted by atomic mass is 19.3. The predicted octanol–water partition coefficient (Wildman–Crippen LogP) is 4.97. The molecule has 0 radical (unpaired) electrons. The third-order valence-electron chi connectivity index (χ3n) is 4.83.